The van der Waals surface area contributed by atoms with Crippen LogP contribution in [0.5, 0.6) is 0 Å². The molecular formula is C16H11N3. The Morgan fingerprint density at radius 1 is 0.895 bits per heavy atom. The molecule has 3 heterocycles. The van der Waals surface area contributed by atoms with Gasteiger partial charge in [0.1, 0.15) is 0 Å². The van der Waals surface area contributed by atoms with E-state index in [2.05, 4.69) is 34.3 Å². The second-order valence-electron chi connectivity index (χ2n) is 4.53. The van der Waals surface area contributed by atoms with Gasteiger partial charge in [-0.05, 0) is 35.9 Å². The number of hydrogen-bond acceptors (Lipinski definition) is 2. The molecule has 0 bridgehead atoms. The molecule has 0 aliphatic rings. The smallest absolute Gasteiger partial charge is 0.0702 e. The highest BCUT2D eigenvalue weighted by atomic mass is 15.2. The Balaban J connectivity index is 1.92. The number of nitrogens with zero attached hydrogens (tertiary/aromatic N) is 3. The highest BCUT2D eigenvalue weighted by molar-refractivity contribution is 5.83. The van der Waals surface area contributed by atoms with Crippen LogP contribution in [0.15, 0.2) is 67.1 Å². The molecule has 90 valence electrons. The molecule has 0 unspecified atom stereocenters. The quantitative estimate of drug-likeness (QED) is 0.513. The third kappa shape index (κ3) is 1.67. The van der Waals surface area contributed by atoms with Crippen molar-refractivity contribution in [1.29, 1.82) is 0 Å². The molecule has 4 rings (SSSR count). The van der Waals surface area contributed by atoms with Crippen molar-refractivity contribution in [3.63, 3.8) is 0 Å². The SMILES string of the molecule is c1ccc2ncc(-c3ccn4nccc4c3)cc2c1. The van der Waals surface area contributed by atoms with Gasteiger partial charge in [0.25, 0.3) is 0 Å². The molecule has 0 fully saturated rings. The van der Waals surface area contributed by atoms with E-state index < -0.39 is 0 Å². The van der Waals surface area contributed by atoms with Crippen LogP contribution in [-0.4, -0.2) is 14.6 Å². The van der Waals surface area contributed by atoms with Crippen LogP contribution in [0.25, 0.3) is 27.5 Å². The summed E-state index contributed by atoms with van der Waals surface area (Å²) in [6.45, 7) is 0. The lowest BCUT2D eigenvalue weighted by Crippen LogP contribution is -1.87. The van der Waals surface area contributed by atoms with Crippen LogP contribution in [0, 0.1) is 0 Å². The van der Waals surface area contributed by atoms with Gasteiger partial charge >= 0.3 is 0 Å². The maximum absolute atomic E-state index is 4.50. The average Bonchev–Trinajstić information content (AvgIpc) is 2.94. The maximum Gasteiger partial charge on any atom is 0.0702 e. The predicted molar refractivity (Wildman–Crippen MR) is 75.9 cm³/mol. The summed E-state index contributed by atoms with van der Waals surface area (Å²) < 4.78 is 1.86. The third-order valence-corrected chi connectivity index (χ3v) is 3.32. The van der Waals surface area contributed by atoms with E-state index in [4.69, 9.17) is 0 Å². The molecule has 0 aliphatic carbocycles. The van der Waals surface area contributed by atoms with Crippen LogP contribution in [0.1, 0.15) is 0 Å². The topological polar surface area (TPSA) is 30.2 Å². The fourth-order valence-corrected chi connectivity index (χ4v) is 2.33. The summed E-state index contributed by atoms with van der Waals surface area (Å²) in [4.78, 5) is 4.50. The van der Waals surface area contributed by atoms with Gasteiger partial charge in [0.15, 0.2) is 0 Å². The second-order valence-corrected chi connectivity index (χ2v) is 4.53. The van der Waals surface area contributed by atoms with Gasteiger partial charge in [-0.2, -0.15) is 5.10 Å². The molecule has 3 heteroatoms. The van der Waals surface area contributed by atoms with Gasteiger partial charge in [0.2, 0.25) is 0 Å². The number of benzene rings is 1. The van der Waals surface area contributed by atoms with Crippen molar-refractivity contribution < 1.29 is 0 Å². The minimum atomic E-state index is 1.02. The molecular weight excluding hydrogens is 234 g/mol. The number of para-hydroxylation sites is 1. The first-order valence-corrected chi connectivity index (χ1v) is 6.19. The molecule has 3 nitrogen and oxygen atoms in total. The van der Waals surface area contributed by atoms with Crippen LogP contribution in [0.2, 0.25) is 0 Å². The van der Waals surface area contributed by atoms with Gasteiger partial charge in [-0.1, -0.05) is 18.2 Å². The van der Waals surface area contributed by atoms with Gasteiger partial charge in [-0.25, -0.2) is 4.52 Å². The molecule has 0 aliphatic heterocycles. The molecule has 4 aromatic rings. The minimum absolute atomic E-state index is 1.02. The van der Waals surface area contributed by atoms with Crippen molar-refractivity contribution in [2.75, 3.05) is 0 Å². The molecule has 0 radical (unpaired) electrons. The van der Waals surface area contributed by atoms with Gasteiger partial charge in [0, 0.05) is 29.5 Å². The zero-order valence-electron chi connectivity index (χ0n) is 10.2. The molecule has 3 aromatic heterocycles. The molecule has 0 saturated heterocycles. The zero-order chi connectivity index (χ0) is 12.7. The number of aromatic nitrogens is 3. The van der Waals surface area contributed by atoms with Crippen LogP contribution in [0.3, 0.4) is 0 Å². The van der Waals surface area contributed by atoms with Gasteiger partial charge in [-0.15, -0.1) is 0 Å². The fourth-order valence-electron chi connectivity index (χ4n) is 2.33. The van der Waals surface area contributed by atoms with Crippen LogP contribution in [-0.2, 0) is 0 Å². The van der Waals surface area contributed by atoms with E-state index in [1.165, 1.54) is 0 Å². The van der Waals surface area contributed by atoms with Crippen molar-refractivity contribution in [1.82, 2.24) is 14.6 Å². The minimum Gasteiger partial charge on any atom is -0.256 e. The Labute approximate surface area is 110 Å². The average molecular weight is 245 g/mol. The molecule has 1 aromatic carbocycles. The summed E-state index contributed by atoms with van der Waals surface area (Å²) in [5.74, 6) is 0. The van der Waals surface area contributed by atoms with Crippen molar-refractivity contribution in [2.24, 2.45) is 0 Å². The normalized spacial score (nSPS) is 11.2. The summed E-state index contributed by atoms with van der Waals surface area (Å²) in [6, 6.07) is 16.5. The predicted octanol–water partition coefficient (Wildman–Crippen LogP) is 3.55. The van der Waals surface area contributed by atoms with Crippen LogP contribution >= 0.6 is 0 Å². The Morgan fingerprint density at radius 2 is 1.84 bits per heavy atom. The van der Waals surface area contributed by atoms with Gasteiger partial charge < -0.3 is 0 Å². The first kappa shape index (κ1) is 10.3. The van der Waals surface area contributed by atoms with Crippen molar-refractivity contribution in [2.45, 2.75) is 0 Å². The van der Waals surface area contributed by atoms with E-state index in [0.29, 0.717) is 0 Å². The summed E-state index contributed by atoms with van der Waals surface area (Å²) >= 11 is 0. The summed E-state index contributed by atoms with van der Waals surface area (Å²) in [6.07, 6.45) is 5.70. The second kappa shape index (κ2) is 3.92. The zero-order valence-corrected chi connectivity index (χ0v) is 10.2. The molecule has 0 N–H and O–H groups in total. The van der Waals surface area contributed by atoms with Crippen LogP contribution < -0.4 is 0 Å². The molecule has 19 heavy (non-hydrogen) atoms. The summed E-state index contributed by atoms with van der Waals surface area (Å²) in [5, 5.41) is 5.36. The highest BCUT2D eigenvalue weighted by Gasteiger charge is 2.02. The lowest BCUT2D eigenvalue weighted by molar-refractivity contribution is 0.962. The Hall–Kier alpha value is -2.68. The van der Waals surface area contributed by atoms with Gasteiger partial charge in [0.05, 0.1) is 11.0 Å². The van der Waals surface area contributed by atoms with E-state index in [1.54, 1.807) is 6.20 Å². The maximum atomic E-state index is 4.50. The monoisotopic (exact) mass is 245 g/mol. The van der Waals surface area contributed by atoms with Crippen LogP contribution in [0.4, 0.5) is 0 Å². The molecule has 0 atom stereocenters. The van der Waals surface area contributed by atoms with E-state index in [0.717, 1.165) is 27.5 Å². The highest BCUT2D eigenvalue weighted by Crippen LogP contribution is 2.23. The first-order valence-electron chi connectivity index (χ1n) is 6.19. The van der Waals surface area contributed by atoms with Crippen molar-refractivity contribution >= 4 is 16.4 Å². The summed E-state index contributed by atoms with van der Waals surface area (Å²) in [7, 11) is 0. The Morgan fingerprint density at radius 3 is 2.84 bits per heavy atom. The standard InChI is InChI=1S/C16H11N3/c1-2-4-16-13(3-1)9-14(11-17-16)12-6-8-19-15(10-12)5-7-18-19/h1-11H. The molecule has 0 saturated carbocycles. The largest absolute Gasteiger partial charge is 0.256 e. The lowest BCUT2D eigenvalue weighted by atomic mass is 10.1. The third-order valence-electron chi connectivity index (χ3n) is 3.32. The number of hydrogen-bond donors (Lipinski definition) is 0. The van der Waals surface area contributed by atoms with Gasteiger partial charge in [-0.3, -0.25) is 4.98 Å². The molecule has 0 spiro atoms. The lowest BCUT2D eigenvalue weighted by Gasteiger charge is -2.04. The number of rotatable bonds is 1. The van der Waals surface area contributed by atoms with Crippen molar-refractivity contribution in [3.05, 3.63) is 67.1 Å². The van der Waals surface area contributed by atoms with E-state index in [1.807, 2.05) is 41.2 Å². The van der Waals surface area contributed by atoms with Crippen molar-refractivity contribution in [3.8, 4) is 11.1 Å². The molecule has 0 amide bonds. The Kier molecular flexibility index (Phi) is 2.12. The first-order chi connectivity index (χ1) is 9.40. The van der Waals surface area contributed by atoms with E-state index in [-0.39, 0.29) is 0 Å². The Bertz CT molecular complexity index is 877. The summed E-state index contributed by atoms with van der Waals surface area (Å²) in [5.41, 5.74) is 4.40. The van der Waals surface area contributed by atoms with E-state index in [9.17, 15) is 0 Å². The number of pyridine rings is 2. The fraction of sp³-hybridized carbons (Fsp3) is 0. The number of fused-ring (bicyclic) bond motifs is 2. The van der Waals surface area contributed by atoms with E-state index >= 15 is 0 Å².